The van der Waals surface area contributed by atoms with Crippen LogP contribution in [0.25, 0.3) is 0 Å². The van der Waals surface area contributed by atoms with Crippen molar-refractivity contribution >= 4 is 5.97 Å². The molecule has 5 heteroatoms. The van der Waals surface area contributed by atoms with Crippen molar-refractivity contribution in [1.82, 2.24) is 4.90 Å². The number of methoxy groups -OCH3 is 1. The van der Waals surface area contributed by atoms with Crippen molar-refractivity contribution in [2.45, 2.75) is 13.0 Å². The first-order valence-corrected chi connectivity index (χ1v) is 5.73. The molecule has 0 aliphatic carbocycles. The van der Waals surface area contributed by atoms with E-state index < -0.39 is 17.8 Å². The molecule has 1 rings (SSSR count). The third kappa shape index (κ3) is 3.70. The molecule has 0 saturated heterocycles. The molecule has 0 saturated carbocycles. The Balaban J connectivity index is 3.12. The second-order valence-corrected chi connectivity index (χ2v) is 4.03. The molecule has 0 amide bonds. The molecule has 1 aromatic carbocycles. The summed E-state index contributed by atoms with van der Waals surface area (Å²) in [6, 6.07) is 3.98. The van der Waals surface area contributed by atoms with Crippen LogP contribution in [-0.2, 0) is 4.79 Å². The predicted molar refractivity (Wildman–Crippen MR) is 69.4 cm³/mol. The van der Waals surface area contributed by atoms with Gasteiger partial charge in [0.2, 0.25) is 0 Å². The van der Waals surface area contributed by atoms with Gasteiger partial charge in [0, 0.05) is 11.6 Å². The maximum atomic E-state index is 13.9. The Morgan fingerprint density at radius 2 is 2.32 bits per heavy atom. The number of ether oxygens (including phenoxy) is 1. The Bertz CT molecular complexity index is 496. The average Bonchev–Trinajstić information content (AvgIpc) is 2.36. The summed E-state index contributed by atoms with van der Waals surface area (Å²) in [7, 11) is 1.44. The maximum absolute atomic E-state index is 13.9. The monoisotopic (exact) mass is 265 g/mol. The molecule has 0 bridgehead atoms. The van der Waals surface area contributed by atoms with Gasteiger partial charge in [0.05, 0.1) is 20.2 Å². The van der Waals surface area contributed by atoms with Gasteiger partial charge >= 0.3 is 5.97 Å². The number of halogens is 1. The van der Waals surface area contributed by atoms with E-state index in [9.17, 15) is 9.18 Å². The second kappa shape index (κ2) is 6.76. The van der Waals surface area contributed by atoms with Gasteiger partial charge in [-0.25, -0.2) is 4.39 Å². The zero-order chi connectivity index (χ0) is 14.4. The van der Waals surface area contributed by atoms with E-state index >= 15 is 0 Å². The quantitative estimate of drug-likeness (QED) is 0.798. The Morgan fingerprint density at radius 1 is 1.63 bits per heavy atom. The minimum Gasteiger partial charge on any atom is -0.496 e. The fraction of sp³-hybridized carbons (Fsp3) is 0.357. The fourth-order valence-electron chi connectivity index (χ4n) is 1.90. The zero-order valence-corrected chi connectivity index (χ0v) is 10.9. The van der Waals surface area contributed by atoms with Gasteiger partial charge in [-0.05, 0) is 19.1 Å². The van der Waals surface area contributed by atoms with Crippen molar-refractivity contribution in [3.05, 3.63) is 29.6 Å². The third-order valence-corrected chi connectivity index (χ3v) is 2.83. The van der Waals surface area contributed by atoms with Crippen LogP contribution in [0.2, 0.25) is 0 Å². The summed E-state index contributed by atoms with van der Waals surface area (Å²) in [5.41, 5.74) is 0.307. The number of nitrogens with zero attached hydrogens (tertiary/aromatic N) is 1. The Hall–Kier alpha value is -2.06. The van der Waals surface area contributed by atoms with Crippen LogP contribution in [0.5, 0.6) is 5.75 Å². The van der Waals surface area contributed by atoms with Gasteiger partial charge in [-0.2, -0.15) is 0 Å². The van der Waals surface area contributed by atoms with Crippen molar-refractivity contribution in [3.8, 4) is 18.1 Å². The predicted octanol–water partition coefficient (Wildman–Crippen LogP) is 1.92. The minimum atomic E-state index is -1.02. The molecule has 19 heavy (non-hydrogen) atoms. The van der Waals surface area contributed by atoms with E-state index in [4.69, 9.17) is 16.3 Å². The number of carbonyl (C=O) groups is 1. The molecule has 4 nitrogen and oxygen atoms in total. The van der Waals surface area contributed by atoms with Gasteiger partial charge in [0.15, 0.2) is 0 Å². The number of hydrogen-bond donors (Lipinski definition) is 1. The van der Waals surface area contributed by atoms with E-state index in [2.05, 4.69) is 5.92 Å². The highest BCUT2D eigenvalue weighted by Crippen LogP contribution is 2.31. The van der Waals surface area contributed by atoms with Crippen molar-refractivity contribution in [1.29, 1.82) is 0 Å². The number of terminal acetylenes is 1. The molecule has 102 valence electrons. The van der Waals surface area contributed by atoms with Crippen LogP contribution in [0.15, 0.2) is 18.2 Å². The lowest BCUT2D eigenvalue weighted by Gasteiger charge is -2.27. The number of benzene rings is 1. The van der Waals surface area contributed by atoms with Crippen LogP contribution in [0.1, 0.15) is 18.5 Å². The highest BCUT2D eigenvalue weighted by Gasteiger charge is 2.23. The van der Waals surface area contributed by atoms with E-state index in [1.807, 2.05) is 0 Å². The van der Waals surface area contributed by atoms with E-state index in [-0.39, 0.29) is 13.1 Å². The van der Waals surface area contributed by atoms with Crippen molar-refractivity contribution < 1.29 is 19.0 Å². The van der Waals surface area contributed by atoms with E-state index in [1.165, 1.54) is 24.1 Å². The van der Waals surface area contributed by atoms with Crippen LogP contribution < -0.4 is 4.74 Å². The minimum absolute atomic E-state index is 0.116. The first-order chi connectivity index (χ1) is 9.01. The third-order valence-electron chi connectivity index (χ3n) is 2.83. The molecule has 0 aliphatic rings. The molecule has 1 N–H and O–H groups in total. The molecule has 0 heterocycles. The molecule has 0 aromatic heterocycles. The molecular weight excluding hydrogens is 249 g/mol. The van der Waals surface area contributed by atoms with E-state index in [1.54, 1.807) is 13.0 Å². The molecule has 1 unspecified atom stereocenters. The first kappa shape index (κ1) is 15.0. The van der Waals surface area contributed by atoms with Gasteiger partial charge in [-0.3, -0.25) is 9.69 Å². The summed E-state index contributed by atoms with van der Waals surface area (Å²) < 4.78 is 19.0. The summed E-state index contributed by atoms with van der Waals surface area (Å²) in [5, 5.41) is 8.87. The summed E-state index contributed by atoms with van der Waals surface area (Å²) in [6.07, 6.45) is 5.22. The highest BCUT2D eigenvalue weighted by molar-refractivity contribution is 5.69. The molecule has 0 aliphatic heterocycles. The number of hydrogen-bond acceptors (Lipinski definition) is 3. The zero-order valence-electron chi connectivity index (χ0n) is 10.9. The Morgan fingerprint density at radius 3 is 2.84 bits per heavy atom. The van der Waals surface area contributed by atoms with Crippen molar-refractivity contribution in [2.24, 2.45) is 0 Å². The lowest BCUT2D eigenvalue weighted by Crippen LogP contribution is -2.33. The highest BCUT2D eigenvalue weighted by atomic mass is 19.1. The Kier molecular flexibility index (Phi) is 5.34. The summed E-state index contributed by atoms with van der Waals surface area (Å²) in [5.74, 6) is 1.29. The van der Waals surface area contributed by atoms with Crippen molar-refractivity contribution in [3.63, 3.8) is 0 Å². The van der Waals surface area contributed by atoms with Gasteiger partial charge in [0.1, 0.15) is 11.6 Å². The number of carboxylic acids is 1. The van der Waals surface area contributed by atoms with E-state index in [0.29, 0.717) is 11.3 Å². The molecule has 1 atom stereocenters. The molecular formula is C14H16FNO3. The second-order valence-electron chi connectivity index (χ2n) is 4.03. The number of aliphatic carboxylic acids is 1. The standard InChI is InChI=1S/C14H16FNO3/c1-4-8-16(9-13(17)18)10(2)14-11(15)6-5-7-12(14)19-3/h1,5-7,10H,8-9H2,2-3H3,(H,17,18). The van der Waals surface area contributed by atoms with Crippen LogP contribution >= 0.6 is 0 Å². The largest absolute Gasteiger partial charge is 0.496 e. The molecule has 0 spiro atoms. The summed E-state index contributed by atoms with van der Waals surface area (Å²) in [4.78, 5) is 12.3. The summed E-state index contributed by atoms with van der Waals surface area (Å²) >= 11 is 0. The summed E-state index contributed by atoms with van der Waals surface area (Å²) in [6.45, 7) is 1.55. The topological polar surface area (TPSA) is 49.8 Å². The SMILES string of the molecule is C#CCN(CC(=O)O)C(C)c1c(F)cccc1OC. The first-order valence-electron chi connectivity index (χ1n) is 5.73. The lowest BCUT2D eigenvalue weighted by molar-refractivity contribution is -0.138. The van der Waals surface area contributed by atoms with Gasteiger partial charge in [-0.15, -0.1) is 6.42 Å². The average molecular weight is 265 g/mol. The van der Waals surface area contributed by atoms with Crippen LogP contribution in [0.4, 0.5) is 4.39 Å². The smallest absolute Gasteiger partial charge is 0.317 e. The maximum Gasteiger partial charge on any atom is 0.317 e. The fourth-order valence-corrected chi connectivity index (χ4v) is 1.90. The molecule has 1 aromatic rings. The van der Waals surface area contributed by atoms with Crippen LogP contribution in [0.3, 0.4) is 0 Å². The van der Waals surface area contributed by atoms with Crippen LogP contribution in [0, 0.1) is 18.2 Å². The lowest BCUT2D eigenvalue weighted by atomic mass is 10.0. The van der Waals surface area contributed by atoms with Gasteiger partial charge < -0.3 is 9.84 Å². The number of carboxylic acid groups (broad SMARTS) is 1. The number of rotatable bonds is 6. The van der Waals surface area contributed by atoms with E-state index in [0.717, 1.165) is 0 Å². The normalized spacial score (nSPS) is 11.9. The van der Waals surface area contributed by atoms with Gasteiger partial charge in [0.25, 0.3) is 0 Å². The van der Waals surface area contributed by atoms with Crippen molar-refractivity contribution in [2.75, 3.05) is 20.2 Å². The van der Waals surface area contributed by atoms with Crippen LogP contribution in [-0.4, -0.2) is 36.2 Å². The molecule has 0 radical (unpaired) electrons. The Labute approximate surface area is 111 Å². The molecule has 0 fully saturated rings. The van der Waals surface area contributed by atoms with Gasteiger partial charge in [-0.1, -0.05) is 12.0 Å².